The summed E-state index contributed by atoms with van der Waals surface area (Å²) in [6.45, 7) is 2.27. The van der Waals surface area contributed by atoms with E-state index in [9.17, 15) is 4.79 Å². The molecule has 0 amide bonds. The van der Waals surface area contributed by atoms with Crippen LogP contribution in [0.1, 0.15) is 21.6 Å². The van der Waals surface area contributed by atoms with Gasteiger partial charge in [-0.25, -0.2) is 4.98 Å². The summed E-state index contributed by atoms with van der Waals surface area (Å²) >= 11 is 0. The highest BCUT2D eigenvalue weighted by molar-refractivity contribution is 5.76. The van der Waals surface area contributed by atoms with Crippen molar-refractivity contribution in [3.05, 3.63) is 59.3 Å². The molecule has 2 rings (SSSR count). The van der Waals surface area contributed by atoms with Crippen LogP contribution in [0.15, 0.2) is 42.5 Å². The van der Waals surface area contributed by atoms with Gasteiger partial charge in [0, 0.05) is 11.6 Å². The fourth-order valence-electron chi connectivity index (χ4n) is 1.49. The van der Waals surface area contributed by atoms with Gasteiger partial charge >= 0.3 is 0 Å². The Morgan fingerprint density at radius 1 is 1.18 bits per heavy atom. The Morgan fingerprint density at radius 2 is 1.94 bits per heavy atom. The van der Waals surface area contributed by atoms with E-state index in [1.54, 1.807) is 19.1 Å². The third-order valence-electron chi connectivity index (χ3n) is 2.46. The molecular weight excluding hydrogens is 214 g/mol. The van der Waals surface area contributed by atoms with Crippen LogP contribution in [-0.4, -0.2) is 11.3 Å². The zero-order chi connectivity index (χ0) is 12.1. The van der Waals surface area contributed by atoms with Gasteiger partial charge in [-0.3, -0.25) is 4.79 Å². The molecule has 0 aliphatic heterocycles. The molecule has 3 heteroatoms. The smallest absolute Gasteiger partial charge is 0.213 e. The molecule has 2 aromatic rings. The molecule has 0 spiro atoms. The van der Waals surface area contributed by atoms with Crippen molar-refractivity contribution in [2.24, 2.45) is 0 Å². The Balaban J connectivity index is 2.05. The zero-order valence-corrected chi connectivity index (χ0v) is 9.59. The Labute approximate surface area is 100 Å². The number of carbonyl (C=O) groups is 1. The van der Waals surface area contributed by atoms with Crippen molar-refractivity contribution in [1.82, 2.24) is 4.98 Å². The molecule has 1 aromatic heterocycles. The molecule has 86 valence electrons. The van der Waals surface area contributed by atoms with Crippen LogP contribution in [0.4, 0.5) is 0 Å². The lowest BCUT2D eigenvalue weighted by Gasteiger charge is -2.06. The maximum Gasteiger partial charge on any atom is 0.213 e. The van der Waals surface area contributed by atoms with Gasteiger partial charge in [-0.15, -0.1) is 0 Å². The van der Waals surface area contributed by atoms with Crippen LogP contribution in [0, 0.1) is 6.92 Å². The average Bonchev–Trinajstić information content (AvgIpc) is 2.38. The van der Waals surface area contributed by atoms with Crippen LogP contribution in [0.3, 0.4) is 0 Å². The first-order valence-electron chi connectivity index (χ1n) is 5.39. The topological polar surface area (TPSA) is 39.2 Å². The van der Waals surface area contributed by atoms with Crippen LogP contribution < -0.4 is 4.74 Å². The summed E-state index contributed by atoms with van der Waals surface area (Å²) in [5, 5.41) is 0. The van der Waals surface area contributed by atoms with E-state index in [4.69, 9.17) is 4.74 Å². The highest BCUT2D eigenvalue weighted by Crippen LogP contribution is 2.12. The van der Waals surface area contributed by atoms with Gasteiger partial charge in [0.2, 0.25) is 5.88 Å². The van der Waals surface area contributed by atoms with E-state index >= 15 is 0 Å². The molecule has 1 aromatic carbocycles. The molecule has 0 bridgehead atoms. The lowest BCUT2D eigenvalue weighted by molar-refractivity contribution is 0.112. The summed E-state index contributed by atoms with van der Waals surface area (Å²) in [5.74, 6) is 0.539. The van der Waals surface area contributed by atoms with Crippen molar-refractivity contribution in [2.45, 2.75) is 13.5 Å². The summed E-state index contributed by atoms with van der Waals surface area (Å²) in [6, 6.07) is 13.3. The molecule has 17 heavy (non-hydrogen) atoms. The van der Waals surface area contributed by atoms with Crippen LogP contribution in [0.5, 0.6) is 5.88 Å². The van der Waals surface area contributed by atoms with E-state index in [0.29, 0.717) is 23.7 Å². The number of aromatic nitrogens is 1. The van der Waals surface area contributed by atoms with Gasteiger partial charge in [0.25, 0.3) is 0 Å². The second kappa shape index (κ2) is 5.25. The quantitative estimate of drug-likeness (QED) is 0.754. The predicted molar refractivity (Wildman–Crippen MR) is 65.1 cm³/mol. The number of aldehydes is 1. The molecule has 0 radical (unpaired) electrons. The Hall–Kier alpha value is -2.16. The van der Waals surface area contributed by atoms with E-state index in [2.05, 4.69) is 4.98 Å². The first kappa shape index (κ1) is 11.3. The van der Waals surface area contributed by atoms with Crippen molar-refractivity contribution in [3.8, 4) is 5.88 Å². The van der Waals surface area contributed by atoms with Crippen LogP contribution >= 0.6 is 0 Å². The normalized spacial score (nSPS) is 9.94. The number of benzene rings is 1. The van der Waals surface area contributed by atoms with Crippen molar-refractivity contribution in [1.29, 1.82) is 0 Å². The zero-order valence-electron chi connectivity index (χ0n) is 9.59. The number of pyridine rings is 1. The predicted octanol–water partition coefficient (Wildman–Crippen LogP) is 2.78. The molecule has 0 saturated carbocycles. The summed E-state index contributed by atoms with van der Waals surface area (Å²) in [6.07, 6.45) is 0.795. The van der Waals surface area contributed by atoms with E-state index in [1.165, 1.54) is 0 Å². The van der Waals surface area contributed by atoms with E-state index < -0.39 is 0 Å². The second-order valence-corrected chi connectivity index (χ2v) is 3.72. The van der Waals surface area contributed by atoms with E-state index in [1.807, 2.05) is 30.3 Å². The van der Waals surface area contributed by atoms with Crippen molar-refractivity contribution < 1.29 is 9.53 Å². The molecular formula is C14H13NO2. The fraction of sp³-hybridized carbons (Fsp3) is 0.143. The molecule has 0 saturated heterocycles. The van der Waals surface area contributed by atoms with E-state index in [0.717, 1.165) is 11.8 Å². The molecule has 0 fully saturated rings. The number of nitrogens with zero attached hydrogens (tertiary/aromatic N) is 1. The standard InChI is InChI=1S/C14H13NO2/c1-11-13(9-16)7-8-14(15-11)17-10-12-5-3-2-4-6-12/h2-9H,10H2,1H3. The van der Waals surface area contributed by atoms with Gasteiger partial charge < -0.3 is 4.74 Å². The molecule has 0 aliphatic rings. The molecule has 1 heterocycles. The molecule has 3 nitrogen and oxygen atoms in total. The van der Waals surface area contributed by atoms with Crippen molar-refractivity contribution >= 4 is 6.29 Å². The van der Waals surface area contributed by atoms with Gasteiger partial charge in [0.15, 0.2) is 6.29 Å². The monoisotopic (exact) mass is 227 g/mol. The summed E-state index contributed by atoms with van der Waals surface area (Å²) in [4.78, 5) is 14.8. The van der Waals surface area contributed by atoms with Crippen LogP contribution in [-0.2, 0) is 6.61 Å². The maximum absolute atomic E-state index is 10.6. The Morgan fingerprint density at radius 3 is 2.59 bits per heavy atom. The fourth-order valence-corrected chi connectivity index (χ4v) is 1.49. The van der Waals surface area contributed by atoms with Gasteiger partial charge in [0.05, 0.1) is 5.69 Å². The van der Waals surface area contributed by atoms with Crippen molar-refractivity contribution in [3.63, 3.8) is 0 Å². The van der Waals surface area contributed by atoms with E-state index in [-0.39, 0.29) is 0 Å². The van der Waals surface area contributed by atoms with Gasteiger partial charge in [0.1, 0.15) is 6.61 Å². The maximum atomic E-state index is 10.6. The lowest BCUT2D eigenvalue weighted by atomic mass is 10.2. The third-order valence-corrected chi connectivity index (χ3v) is 2.46. The largest absolute Gasteiger partial charge is 0.473 e. The molecule has 0 atom stereocenters. The average molecular weight is 227 g/mol. The number of ether oxygens (including phenoxy) is 1. The van der Waals surface area contributed by atoms with Gasteiger partial charge in [-0.05, 0) is 18.6 Å². The Kier molecular flexibility index (Phi) is 3.50. The van der Waals surface area contributed by atoms with Crippen LogP contribution in [0.2, 0.25) is 0 Å². The number of hydrogen-bond donors (Lipinski definition) is 0. The summed E-state index contributed by atoms with van der Waals surface area (Å²) in [7, 11) is 0. The summed E-state index contributed by atoms with van der Waals surface area (Å²) < 4.78 is 5.55. The minimum Gasteiger partial charge on any atom is -0.473 e. The van der Waals surface area contributed by atoms with Crippen LogP contribution in [0.25, 0.3) is 0 Å². The molecule has 0 unspecified atom stereocenters. The minimum atomic E-state index is 0.480. The molecule has 0 N–H and O–H groups in total. The highest BCUT2D eigenvalue weighted by Gasteiger charge is 2.01. The number of aryl methyl sites for hydroxylation is 1. The van der Waals surface area contributed by atoms with Gasteiger partial charge in [-0.2, -0.15) is 0 Å². The third kappa shape index (κ3) is 2.91. The first-order chi connectivity index (χ1) is 8.29. The highest BCUT2D eigenvalue weighted by atomic mass is 16.5. The second-order valence-electron chi connectivity index (χ2n) is 3.72. The first-order valence-corrected chi connectivity index (χ1v) is 5.39. The number of rotatable bonds is 4. The van der Waals surface area contributed by atoms with Crippen molar-refractivity contribution in [2.75, 3.05) is 0 Å². The van der Waals surface area contributed by atoms with Gasteiger partial charge in [-0.1, -0.05) is 30.3 Å². The molecule has 0 aliphatic carbocycles. The lowest BCUT2D eigenvalue weighted by Crippen LogP contribution is -1.99. The summed E-state index contributed by atoms with van der Waals surface area (Å²) in [5.41, 5.74) is 2.37. The minimum absolute atomic E-state index is 0.480. The number of carbonyl (C=O) groups excluding carboxylic acids is 1. The SMILES string of the molecule is Cc1nc(OCc2ccccc2)ccc1C=O. The number of hydrogen-bond acceptors (Lipinski definition) is 3. The Bertz CT molecular complexity index is 509.